The van der Waals surface area contributed by atoms with E-state index >= 15 is 0 Å². The molecule has 0 N–H and O–H groups in total. The molecule has 0 spiro atoms. The average Bonchev–Trinajstić information content (AvgIpc) is 2.93. The molecule has 0 aromatic heterocycles. The topological polar surface area (TPSA) is 59.1 Å². The monoisotopic (exact) mass is 579 g/mol. The summed E-state index contributed by atoms with van der Waals surface area (Å²) in [6, 6.07) is 0. The van der Waals surface area contributed by atoms with E-state index < -0.39 is 0 Å². The van der Waals surface area contributed by atoms with Crippen molar-refractivity contribution in [2.24, 2.45) is 23.2 Å². The molecule has 41 heavy (non-hydrogen) atoms. The SMILES string of the molecule is CC(C)CCCCOC(=O)CCN1CCC(CCCC2CCN(CCC(=O)OCCCCCC(C)(C)C)CC2)CC1. The third kappa shape index (κ3) is 18.9. The first-order valence-electron chi connectivity index (χ1n) is 17.4. The lowest BCUT2D eigenvalue weighted by Crippen LogP contribution is -2.36. The largest absolute Gasteiger partial charge is 0.466 e. The summed E-state index contributed by atoms with van der Waals surface area (Å²) in [7, 11) is 0. The van der Waals surface area contributed by atoms with Gasteiger partial charge in [-0.3, -0.25) is 9.59 Å². The van der Waals surface area contributed by atoms with Crippen LogP contribution in [0.4, 0.5) is 0 Å². The molecule has 0 amide bonds. The fraction of sp³-hybridized carbons (Fsp3) is 0.943. The Bertz CT molecular complexity index is 689. The highest BCUT2D eigenvalue weighted by Crippen LogP contribution is 2.27. The van der Waals surface area contributed by atoms with Gasteiger partial charge >= 0.3 is 11.9 Å². The smallest absolute Gasteiger partial charge is 0.307 e. The van der Waals surface area contributed by atoms with Crippen molar-refractivity contribution in [3.8, 4) is 0 Å². The molecule has 2 rings (SSSR count). The number of hydrogen-bond acceptors (Lipinski definition) is 6. The quantitative estimate of drug-likeness (QED) is 0.108. The molecule has 0 aromatic rings. The number of piperidine rings is 2. The molecule has 2 heterocycles. The zero-order valence-electron chi connectivity index (χ0n) is 27.7. The van der Waals surface area contributed by atoms with Gasteiger partial charge in [-0.15, -0.1) is 0 Å². The molecule has 0 atom stereocenters. The summed E-state index contributed by atoms with van der Waals surface area (Å²) in [5, 5.41) is 0. The van der Waals surface area contributed by atoms with Gasteiger partial charge in [0.05, 0.1) is 26.1 Å². The van der Waals surface area contributed by atoms with E-state index in [1.807, 2.05) is 0 Å². The van der Waals surface area contributed by atoms with Gasteiger partial charge in [-0.25, -0.2) is 0 Å². The summed E-state index contributed by atoms with van der Waals surface area (Å²) in [6.07, 6.45) is 18.1. The van der Waals surface area contributed by atoms with Crippen molar-refractivity contribution in [3.63, 3.8) is 0 Å². The van der Waals surface area contributed by atoms with Gasteiger partial charge in [-0.2, -0.15) is 0 Å². The van der Waals surface area contributed by atoms with E-state index in [-0.39, 0.29) is 11.9 Å². The van der Waals surface area contributed by atoms with Crippen molar-refractivity contribution < 1.29 is 19.1 Å². The van der Waals surface area contributed by atoms with Crippen molar-refractivity contribution in [2.75, 3.05) is 52.5 Å². The maximum atomic E-state index is 12.1. The molecule has 2 aliphatic rings. The minimum absolute atomic E-state index is 0.0264. The molecule has 0 aliphatic carbocycles. The van der Waals surface area contributed by atoms with Crippen LogP contribution in [-0.4, -0.2) is 74.2 Å². The van der Waals surface area contributed by atoms with Crippen LogP contribution in [0.15, 0.2) is 0 Å². The standard InChI is InChI=1S/C35H66N2O4/c1-30(2)12-7-10-29-41-34(39)20-27-37-24-17-32(18-25-37)14-11-13-31-15-22-36(23-16-31)26-19-33(38)40-28-9-6-8-21-35(3,4)5/h30-32H,6-29H2,1-5H3. The summed E-state index contributed by atoms with van der Waals surface area (Å²) in [4.78, 5) is 29.1. The van der Waals surface area contributed by atoms with E-state index in [0.29, 0.717) is 31.5 Å². The maximum Gasteiger partial charge on any atom is 0.307 e. The summed E-state index contributed by atoms with van der Waals surface area (Å²) in [6.45, 7) is 18.7. The van der Waals surface area contributed by atoms with Crippen LogP contribution in [0.1, 0.15) is 137 Å². The molecule has 6 nitrogen and oxygen atoms in total. The molecule has 0 bridgehead atoms. The highest BCUT2D eigenvalue weighted by atomic mass is 16.5. The number of hydrogen-bond donors (Lipinski definition) is 0. The van der Waals surface area contributed by atoms with Gasteiger partial charge in [0.25, 0.3) is 0 Å². The number of nitrogens with zero attached hydrogens (tertiary/aromatic N) is 2. The van der Waals surface area contributed by atoms with Gasteiger partial charge in [0.15, 0.2) is 0 Å². The van der Waals surface area contributed by atoms with E-state index in [4.69, 9.17) is 9.47 Å². The number of esters is 2. The van der Waals surface area contributed by atoms with Crippen LogP contribution in [0.2, 0.25) is 0 Å². The first-order valence-corrected chi connectivity index (χ1v) is 17.4. The predicted molar refractivity (Wildman–Crippen MR) is 170 cm³/mol. The zero-order valence-corrected chi connectivity index (χ0v) is 27.7. The Labute approximate surface area is 253 Å². The average molecular weight is 579 g/mol. The summed E-state index contributed by atoms with van der Waals surface area (Å²) in [5.41, 5.74) is 0.398. The molecule has 0 aromatic carbocycles. The molecule has 6 heteroatoms. The Kier molecular flexibility index (Phi) is 18.2. The number of likely N-dealkylation sites (tertiary alicyclic amines) is 2. The van der Waals surface area contributed by atoms with Crippen LogP contribution >= 0.6 is 0 Å². The van der Waals surface area contributed by atoms with Gasteiger partial charge in [0, 0.05) is 13.1 Å². The number of unbranched alkanes of at least 4 members (excludes halogenated alkanes) is 3. The molecular formula is C35H66N2O4. The lowest BCUT2D eigenvalue weighted by Gasteiger charge is -2.33. The van der Waals surface area contributed by atoms with Gasteiger partial charge < -0.3 is 19.3 Å². The maximum absolute atomic E-state index is 12.1. The summed E-state index contributed by atoms with van der Waals surface area (Å²) < 4.78 is 10.9. The third-order valence-electron chi connectivity index (χ3n) is 9.18. The molecule has 0 unspecified atom stereocenters. The molecule has 2 aliphatic heterocycles. The molecule has 2 fully saturated rings. The summed E-state index contributed by atoms with van der Waals surface area (Å²) >= 11 is 0. The molecule has 0 radical (unpaired) electrons. The van der Waals surface area contributed by atoms with Crippen molar-refractivity contribution in [2.45, 2.75) is 137 Å². The van der Waals surface area contributed by atoms with Crippen LogP contribution in [0.3, 0.4) is 0 Å². The Morgan fingerprint density at radius 3 is 1.59 bits per heavy atom. The Morgan fingerprint density at radius 2 is 1.15 bits per heavy atom. The third-order valence-corrected chi connectivity index (χ3v) is 9.18. The second-order valence-electron chi connectivity index (χ2n) is 14.7. The fourth-order valence-corrected chi connectivity index (χ4v) is 6.30. The van der Waals surface area contributed by atoms with Crippen molar-refractivity contribution in [1.82, 2.24) is 9.80 Å². The van der Waals surface area contributed by atoms with Gasteiger partial charge in [0.1, 0.15) is 0 Å². The van der Waals surface area contributed by atoms with Crippen LogP contribution in [0, 0.1) is 23.2 Å². The van der Waals surface area contributed by atoms with Crippen molar-refractivity contribution in [1.29, 1.82) is 0 Å². The zero-order chi connectivity index (χ0) is 29.9. The van der Waals surface area contributed by atoms with Crippen LogP contribution in [0.25, 0.3) is 0 Å². The minimum atomic E-state index is -0.0277. The van der Waals surface area contributed by atoms with E-state index in [9.17, 15) is 9.59 Å². The Hall–Kier alpha value is -1.14. The lowest BCUT2D eigenvalue weighted by atomic mass is 9.87. The molecule has 0 saturated carbocycles. The van der Waals surface area contributed by atoms with Crippen molar-refractivity contribution >= 4 is 11.9 Å². The first kappa shape index (κ1) is 36.1. The highest BCUT2D eigenvalue weighted by molar-refractivity contribution is 5.69. The van der Waals surface area contributed by atoms with E-state index in [1.54, 1.807) is 0 Å². The predicted octanol–water partition coefficient (Wildman–Crippen LogP) is 7.88. The van der Waals surface area contributed by atoms with Crippen LogP contribution in [0.5, 0.6) is 0 Å². The Balaban J connectivity index is 1.41. The Morgan fingerprint density at radius 1 is 0.683 bits per heavy atom. The number of ether oxygens (including phenoxy) is 2. The van der Waals surface area contributed by atoms with Gasteiger partial charge in [0.2, 0.25) is 0 Å². The fourth-order valence-electron chi connectivity index (χ4n) is 6.30. The molecule has 240 valence electrons. The molecule has 2 saturated heterocycles. The minimum Gasteiger partial charge on any atom is -0.466 e. The van der Waals surface area contributed by atoms with Gasteiger partial charge in [-0.05, 0) is 101 Å². The second-order valence-corrected chi connectivity index (χ2v) is 14.7. The van der Waals surface area contributed by atoms with Crippen LogP contribution < -0.4 is 0 Å². The van der Waals surface area contributed by atoms with Crippen LogP contribution in [-0.2, 0) is 19.1 Å². The number of carbonyl (C=O) groups is 2. The molecular weight excluding hydrogens is 512 g/mol. The second kappa shape index (κ2) is 20.7. The highest BCUT2D eigenvalue weighted by Gasteiger charge is 2.22. The normalized spacial score (nSPS) is 18.2. The summed E-state index contributed by atoms with van der Waals surface area (Å²) in [5.74, 6) is 2.37. The van der Waals surface area contributed by atoms with Crippen molar-refractivity contribution in [3.05, 3.63) is 0 Å². The first-order chi connectivity index (χ1) is 19.6. The lowest BCUT2D eigenvalue weighted by molar-refractivity contribution is -0.145. The number of carbonyl (C=O) groups excluding carboxylic acids is 2. The van der Waals surface area contributed by atoms with E-state index in [2.05, 4.69) is 44.4 Å². The van der Waals surface area contributed by atoms with E-state index in [1.165, 1.54) is 64.2 Å². The van der Waals surface area contributed by atoms with E-state index in [0.717, 1.165) is 82.7 Å². The number of rotatable bonds is 20. The van der Waals surface area contributed by atoms with Gasteiger partial charge in [-0.1, -0.05) is 73.1 Å².